The monoisotopic (exact) mass is 216 g/mol. The van der Waals surface area contributed by atoms with Gasteiger partial charge in [0.15, 0.2) is 5.78 Å². The SMILES string of the molecule is CC(=O)c1cc(C=CC=O)cc(C(C)C)c1. The molecule has 0 radical (unpaired) electrons. The molecule has 0 amide bonds. The van der Waals surface area contributed by atoms with Crippen molar-refractivity contribution in [2.75, 3.05) is 0 Å². The summed E-state index contributed by atoms with van der Waals surface area (Å²) in [5, 5.41) is 0. The van der Waals surface area contributed by atoms with Crippen molar-refractivity contribution >= 4 is 18.1 Å². The maximum atomic E-state index is 11.4. The van der Waals surface area contributed by atoms with Crippen molar-refractivity contribution in [3.05, 3.63) is 41.0 Å². The second kappa shape index (κ2) is 5.40. The quantitative estimate of drug-likeness (QED) is 0.440. The van der Waals surface area contributed by atoms with Crippen molar-refractivity contribution in [2.24, 2.45) is 0 Å². The van der Waals surface area contributed by atoms with Crippen molar-refractivity contribution in [3.8, 4) is 0 Å². The van der Waals surface area contributed by atoms with Gasteiger partial charge in [0.05, 0.1) is 0 Å². The van der Waals surface area contributed by atoms with Gasteiger partial charge in [0.25, 0.3) is 0 Å². The molecule has 0 aliphatic carbocycles. The number of hydrogen-bond acceptors (Lipinski definition) is 2. The molecule has 0 aromatic heterocycles. The second-order valence-electron chi connectivity index (χ2n) is 4.09. The topological polar surface area (TPSA) is 34.1 Å². The molecule has 0 unspecified atom stereocenters. The number of hydrogen-bond donors (Lipinski definition) is 0. The smallest absolute Gasteiger partial charge is 0.159 e. The van der Waals surface area contributed by atoms with Gasteiger partial charge in [0, 0.05) is 5.56 Å². The van der Waals surface area contributed by atoms with E-state index in [1.807, 2.05) is 12.1 Å². The summed E-state index contributed by atoms with van der Waals surface area (Å²) in [6.45, 7) is 5.70. The van der Waals surface area contributed by atoms with Crippen LogP contribution in [0.2, 0.25) is 0 Å². The Labute approximate surface area is 96.0 Å². The van der Waals surface area contributed by atoms with Crippen LogP contribution < -0.4 is 0 Å². The zero-order chi connectivity index (χ0) is 12.1. The van der Waals surface area contributed by atoms with Crippen LogP contribution in [0.15, 0.2) is 24.3 Å². The first-order valence-corrected chi connectivity index (χ1v) is 5.32. The molecule has 2 heteroatoms. The molecule has 0 aliphatic rings. The lowest BCUT2D eigenvalue weighted by atomic mass is 9.96. The number of carbonyl (C=O) groups excluding carboxylic acids is 2. The standard InChI is InChI=1S/C14H16O2/c1-10(2)13-7-12(5-4-6-15)8-14(9-13)11(3)16/h4-10H,1-3H3. The normalized spacial score (nSPS) is 11.0. The van der Waals surface area contributed by atoms with E-state index in [1.165, 1.54) is 6.08 Å². The lowest BCUT2D eigenvalue weighted by Crippen LogP contribution is -1.97. The number of rotatable bonds is 4. The summed E-state index contributed by atoms with van der Waals surface area (Å²) in [4.78, 5) is 21.6. The first-order valence-electron chi connectivity index (χ1n) is 5.32. The molecule has 0 bridgehead atoms. The van der Waals surface area contributed by atoms with E-state index in [9.17, 15) is 9.59 Å². The van der Waals surface area contributed by atoms with E-state index >= 15 is 0 Å². The van der Waals surface area contributed by atoms with Crippen LogP contribution in [0.25, 0.3) is 6.08 Å². The molecular weight excluding hydrogens is 200 g/mol. The van der Waals surface area contributed by atoms with Crippen LogP contribution in [0.4, 0.5) is 0 Å². The Balaban J connectivity index is 3.23. The van der Waals surface area contributed by atoms with Crippen molar-refractivity contribution in [2.45, 2.75) is 26.7 Å². The molecule has 1 aromatic carbocycles. The largest absolute Gasteiger partial charge is 0.299 e. The number of benzene rings is 1. The summed E-state index contributed by atoms with van der Waals surface area (Å²) in [5.74, 6) is 0.408. The molecule has 0 N–H and O–H groups in total. The highest BCUT2D eigenvalue weighted by molar-refractivity contribution is 5.95. The molecule has 0 saturated carbocycles. The highest BCUT2D eigenvalue weighted by Gasteiger charge is 2.06. The summed E-state index contributed by atoms with van der Waals surface area (Å²) in [5.41, 5.74) is 2.69. The average molecular weight is 216 g/mol. The highest BCUT2D eigenvalue weighted by Crippen LogP contribution is 2.19. The Hall–Kier alpha value is -1.70. The third-order valence-electron chi connectivity index (χ3n) is 2.42. The van der Waals surface area contributed by atoms with Crippen molar-refractivity contribution < 1.29 is 9.59 Å². The average Bonchev–Trinajstić information content (AvgIpc) is 2.25. The lowest BCUT2D eigenvalue weighted by molar-refractivity contribution is -0.104. The van der Waals surface area contributed by atoms with Gasteiger partial charge in [-0.05, 0) is 42.2 Å². The van der Waals surface area contributed by atoms with Gasteiger partial charge in [-0.1, -0.05) is 26.0 Å². The van der Waals surface area contributed by atoms with E-state index in [1.54, 1.807) is 19.1 Å². The Morgan fingerprint density at radius 1 is 1.25 bits per heavy atom. The van der Waals surface area contributed by atoms with Crippen LogP contribution in [0, 0.1) is 0 Å². The van der Waals surface area contributed by atoms with Crippen molar-refractivity contribution in [1.82, 2.24) is 0 Å². The first kappa shape index (κ1) is 12.4. The summed E-state index contributed by atoms with van der Waals surface area (Å²) < 4.78 is 0. The molecule has 0 atom stereocenters. The molecule has 2 nitrogen and oxygen atoms in total. The number of carbonyl (C=O) groups is 2. The van der Waals surface area contributed by atoms with E-state index in [4.69, 9.17) is 0 Å². The predicted octanol–water partition coefficient (Wildman–Crippen LogP) is 3.22. The first-order chi connectivity index (χ1) is 7.54. The summed E-state index contributed by atoms with van der Waals surface area (Å²) >= 11 is 0. The maximum Gasteiger partial charge on any atom is 0.159 e. The minimum atomic E-state index is 0.0447. The second-order valence-corrected chi connectivity index (χ2v) is 4.09. The van der Waals surface area contributed by atoms with Gasteiger partial charge >= 0.3 is 0 Å². The maximum absolute atomic E-state index is 11.4. The van der Waals surface area contributed by atoms with Gasteiger partial charge < -0.3 is 0 Å². The van der Waals surface area contributed by atoms with Crippen molar-refractivity contribution in [1.29, 1.82) is 0 Å². The van der Waals surface area contributed by atoms with E-state index in [-0.39, 0.29) is 5.78 Å². The van der Waals surface area contributed by atoms with Crippen LogP contribution in [-0.2, 0) is 4.79 Å². The molecule has 84 valence electrons. The predicted molar refractivity (Wildman–Crippen MR) is 65.6 cm³/mol. The number of ketones is 1. The third kappa shape index (κ3) is 3.16. The molecule has 1 aromatic rings. The van der Waals surface area contributed by atoms with Gasteiger partial charge in [0.1, 0.15) is 6.29 Å². The van der Waals surface area contributed by atoms with Crippen LogP contribution in [0.1, 0.15) is 48.2 Å². The van der Waals surface area contributed by atoms with E-state index in [2.05, 4.69) is 13.8 Å². The number of aldehydes is 1. The Morgan fingerprint density at radius 2 is 1.94 bits per heavy atom. The Bertz CT molecular complexity index is 428. The fourth-order valence-corrected chi connectivity index (χ4v) is 1.46. The van der Waals surface area contributed by atoms with Gasteiger partial charge in [-0.15, -0.1) is 0 Å². The molecule has 1 rings (SSSR count). The highest BCUT2D eigenvalue weighted by atomic mass is 16.1. The molecule has 0 heterocycles. The van der Waals surface area contributed by atoms with Gasteiger partial charge in [0.2, 0.25) is 0 Å². The van der Waals surface area contributed by atoms with Gasteiger partial charge in [-0.2, -0.15) is 0 Å². The molecule has 0 fully saturated rings. The van der Waals surface area contributed by atoms with Crippen LogP contribution in [0.5, 0.6) is 0 Å². The van der Waals surface area contributed by atoms with Gasteiger partial charge in [-0.3, -0.25) is 9.59 Å². The fourth-order valence-electron chi connectivity index (χ4n) is 1.46. The number of Topliss-reactive ketones (excluding diaryl/α,β-unsaturated/α-hetero) is 1. The minimum Gasteiger partial charge on any atom is -0.299 e. The van der Waals surface area contributed by atoms with E-state index in [0.29, 0.717) is 11.5 Å². The van der Waals surface area contributed by atoms with Crippen LogP contribution in [0.3, 0.4) is 0 Å². The third-order valence-corrected chi connectivity index (χ3v) is 2.42. The van der Waals surface area contributed by atoms with Crippen LogP contribution in [-0.4, -0.2) is 12.1 Å². The molecule has 0 saturated heterocycles. The Morgan fingerprint density at radius 3 is 2.44 bits per heavy atom. The van der Waals surface area contributed by atoms with Crippen molar-refractivity contribution in [3.63, 3.8) is 0 Å². The summed E-state index contributed by atoms with van der Waals surface area (Å²) in [7, 11) is 0. The lowest BCUT2D eigenvalue weighted by Gasteiger charge is -2.08. The Kier molecular flexibility index (Phi) is 4.18. The molecular formula is C14H16O2. The van der Waals surface area contributed by atoms with E-state index in [0.717, 1.165) is 17.4 Å². The van der Waals surface area contributed by atoms with Gasteiger partial charge in [-0.25, -0.2) is 0 Å². The fraction of sp³-hybridized carbons (Fsp3) is 0.286. The summed E-state index contributed by atoms with van der Waals surface area (Å²) in [6, 6.07) is 5.70. The molecule has 16 heavy (non-hydrogen) atoms. The van der Waals surface area contributed by atoms with E-state index < -0.39 is 0 Å². The van der Waals surface area contributed by atoms with Crippen LogP contribution >= 0.6 is 0 Å². The number of allylic oxidation sites excluding steroid dienone is 1. The zero-order valence-corrected chi connectivity index (χ0v) is 9.86. The minimum absolute atomic E-state index is 0.0447. The molecule has 0 aliphatic heterocycles. The zero-order valence-electron chi connectivity index (χ0n) is 9.86. The summed E-state index contributed by atoms with van der Waals surface area (Å²) in [6.07, 6.45) is 3.88. The molecule has 0 spiro atoms.